The van der Waals surface area contributed by atoms with Gasteiger partial charge in [-0.2, -0.15) is 0 Å². The molecule has 6 aliphatic heterocycles. The lowest BCUT2D eigenvalue weighted by atomic mass is 9.67. The Bertz CT molecular complexity index is 1470. The number of morpholine rings is 1. The summed E-state index contributed by atoms with van der Waals surface area (Å²) in [7, 11) is 4.31. The molecule has 0 aromatic carbocycles. The second kappa shape index (κ2) is 16.2. The van der Waals surface area contributed by atoms with Crippen molar-refractivity contribution in [3.8, 4) is 0 Å². The van der Waals surface area contributed by atoms with Crippen molar-refractivity contribution in [2.75, 3.05) is 59.9 Å². The van der Waals surface area contributed by atoms with Crippen LogP contribution in [0.3, 0.4) is 0 Å². The summed E-state index contributed by atoms with van der Waals surface area (Å²) in [5.74, 6) is -0.285. The van der Waals surface area contributed by atoms with Gasteiger partial charge in [0.1, 0.15) is 6.17 Å². The third kappa shape index (κ3) is 7.52. The van der Waals surface area contributed by atoms with Crippen LogP contribution in [0, 0.1) is 17.8 Å². The third-order valence-corrected chi connectivity index (χ3v) is 15.7. The van der Waals surface area contributed by atoms with Gasteiger partial charge in [0.25, 0.3) is 5.91 Å². The molecule has 8 fully saturated rings. The van der Waals surface area contributed by atoms with Gasteiger partial charge >= 0.3 is 0 Å². The minimum Gasteiger partial charge on any atom is -0.374 e. The van der Waals surface area contributed by atoms with E-state index in [9.17, 15) is 14.4 Å². The second-order valence-corrected chi connectivity index (χ2v) is 18.8. The number of carbonyl (C=O) groups is 3. The number of ether oxygens (including phenoxy) is 2. The van der Waals surface area contributed by atoms with Gasteiger partial charge in [-0.05, 0) is 123 Å². The maximum absolute atomic E-state index is 16.8. The van der Waals surface area contributed by atoms with Gasteiger partial charge in [-0.25, -0.2) is 4.39 Å². The molecule has 9 aliphatic rings. The molecule has 9 rings (SSSR count). The molecular weight excluding hydrogens is 702 g/mol. The number of hydrogen-bond donors (Lipinski definition) is 3. The number of fused-ring (bicyclic) bond motifs is 5. The molecule has 3 N–H and O–H groups in total. The van der Waals surface area contributed by atoms with Crippen LogP contribution < -0.4 is 16.0 Å². The number of likely N-dealkylation sites (tertiary alicyclic amines) is 3. The maximum Gasteiger partial charge on any atom is 0.256 e. The Morgan fingerprint density at radius 1 is 0.818 bits per heavy atom. The number of amides is 2. The lowest BCUT2D eigenvalue weighted by Crippen LogP contribution is -2.73. The van der Waals surface area contributed by atoms with Crippen LogP contribution >= 0.6 is 0 Å². The quantitative estimate of drug-likeness (QED) is 0.214. The Labute approximate surface area is 327 Å². The molecule has 3 saturated carbocycles. The normalized spacial score (nSPS) is 43.1. The van der Waals surface area contributed by atoms with Gasteiger partial charge < -0.3 is 40.1 Å². The van der Waals surface area contributed by atoms with E-state index in [1.54, 1.807) is 0 Å². The number of nitrogens with one attached hydrogen (secondary N) is 3. The molecular formula is C42H66FN7O5. The molecule has 55 heavy (non-hydrogen) atoms. The van der Waals surface area contributed by atoms with Gasteiger partial charge in [0, 0.05) is 49.9 Å². The van der Waals surface area contributed by atoms with E-state index in [2.05, 4.69) is 49.6 Å². The smallest absolute Gasteiger partial charge is 0.256 e. The van der Waals surface area contributed by atoms with E-state index in [0.29, 0.717) is 49.7 Å². The van der Waals surface area contributed by atoms with Crippen LogP contribution in [-0.4, -0.2) is 164 Å². The van der Waals surface area contributed by atoms with Crippen LogP contribution in [0.2, 0.25) is 0 Å². The van der Waals surface area contributed by atoms with E-state index < -0.39 is 24.2 Å². The zero-order valence-electron chi connectivity index (χ0n) is 33.2. The van der Waals surface area contributed by atoms with Crippen molar-refractivity contribution in [1.29, 1.82) is 0 Å². The summed E-state index contributed by atoms with van der Waals surface area (Å²) in [4.78, 5) is 50.3. The first-order chi connectivity index (χ1) is 26.7. The minimum atomic E-state index is -1.28. The predicted molar refractivity (Wildman–Crippen MR) is 206 cm³/mol. The zero-order chi connectivity index (χ0) is 37.8. The third-order valence-electron chi connectivity index (χ3n) is 15.7. The van der Waals surface area contributed by atoms with Crippen molar-refractivity contribution in [1.82, 2.24) is 35.6 Å². The average Bonchev–Trinajstić information content (AvgIpc) is 3.98. The first kappa shape index (κ1) is 38.4. The monoisotopic (exact) mass is 768 g/mol. The number of nitrogens with zero attached hydrogens (tertiary/aromatic N) is 4. The Morgan fingerprint density at radius 3 is 2.35 bits per heavy atom. The SMILES string of the molecule is CN1CCCC1CCNCC(=O)N[C@@H]1CCN(C2C(F)CC3C(=O)C(C(=O)NCCC4CCCN4C)=CN4C5CC6OC7CCCCC7C6CC5OC2C34)C1. The topological polar surface area (TPSA) is 119 Å². The number of rotatable bonds is 11. The summed E-state index contributed by atoms with van der Waals surface area (Å²) >= 11 is 0. The Hall–Kier alpha value is -2.16. The van der Waals surface area contributed by atoms with Crippen LogP contribution in [0.1, 0.15) is 89.9 Å². The van der Waals surface area contributed by atoms with Gasteiger partial charge in [0.15, 0.2) is 5.78 Å². The molecule has 5 saturated heterocycles. The molecule has 0 spiro atoms. The summed E-state index contributed by atoms with van der Waals surface area (Å²) in [5, 5.41) is 9.63. The number of ketones is 1. The lowest BCUT2D eigenvalue weighted by molar-refractivity contribution is -0.220. The fourth-order valence-corrected chi connectivity index (χ4v) is 12.9. The first-order valence-corrected chi connectivity index (χ1v) is 22.1. The number of Topliss-reactive ketones (excluding diaryl/α,β-unsaturated/α-hetero) is 1. The van der Waals surface area contributed by atoms with Crippen LogP contribution in [0.15, 0.2) is 11.8 Å². The number of halogens is 1. The highest BCUT2D eigenvalue weighted by Gasteiger charge is 2.62. The van der Waals surface area contributed by atoms with Gasteiger partial charge in [0.2, 0.25) is 5.91 Å². The van der Waals surface area contributed by atoms with E-state index >= 15 is 4.39 Å². The van der Waals surface area contributed by atoms with Crippen LogP contribution in [0.25, 0.3) is 0 Å². The highest BCUT2D eigenvalue weighted by Crippen LogP contribution is 2.53. The molecule has 306 valence electrons. The van der Waals surface area contributed by atoms with Crippen molar-refractivity contribution in [3.63, 3.8) is 0 Å². The van der Waals surface area contributed by atoms with E-state index in [1.807, 2.05) is 6.20 Å². The van der Waals surface area contributed by atoms with Gasteiger partial charge in [0.05, 0.1) is 54.7 Å². The molecule has 0 aromatic heterocycles. The summed E-state index contributed by atoms with van der Waals surface area (Å²) in [5.41, 5.74) is 0.169. The molecule has 13 heteroatoms. The summed E-state index contributed by atoms with van der Waals surface area (Å²) < 4.78 is 30.8. The van der Waals surface area contributed by atoms with Crippen molar-refractivity contribution in [2.45, 2.75) is 157 Å². The van der Waals surface area contributed by atoms with E-state index in [1.165, 1.54) is 38.5 Å². The highest BCUT2D eigenvalue weighted by atomic mass is 19.1. The predicted octanol–water partition coefficient (Wildman–Crippen LogP) is 2.22. The molecule has 3 aliphatic carbocycles. The van der Waals surface area contributed by atoms with E-state index in [0.717, 1.165) is 64.6 Å². The highest BCUT2D eigenvalue weighted by molar-refractivity contribution is 6.20. The molecule has 0 bridgehead atoms. The summed E-state index contributed by atoms with van der Waals surface area (Å²) in [6.07, 6.45) is 14.3. The van der Waals surface area contributed by atoms with Crippen molar-refractivity contribution in [3.05, 3.63) is 11.8 Å². The summed E-state index contributed by atoms with van der Waals surface area (Å²) in [6.45, 7) is 5.06. The van der Waals surface area contributed by atoms with E-state index in [4.69, 9.17) is 9.47 Å². The molecule has 13 unspecified atom stereocenters. The largest absolute Gasteiger partial charge is 0.374 e. The second-order valence-electron chi connectivity index (χ2n) is 18.8. The zero-order valence-corrected chi connectivity index (χ0v) is 33.2. The number of alkyl halides is 1. The Morgan fingerprint density at radius 2 is 1.58 bits per heavy atom. The summed E-state index contributed by atoms with van der Waals surface area (Å²) in [6, 6.07) is 0.0817. The molecule has 14 atom stereocenters. The van der Waals surface area contributed by atoms with Crippen molar-refractivity contribution < 1.29 is 28.2 Å². The maximum atomic E-state index is 16.8. The molecule has 0 radical (unpaired) electrons. The fraction of sp³-hybridized carbons (Fsp3) is 0.881. The molecule has 2 amide bonds. The molecule has 6 heterocycles. The minimum absolute atomic E-state index is 0.0179. The lowest BCUT2D eigenvalue weighted by Gasteiger charge is -2.61. The molecule has 0 aromatic rings. The van der Waals surface area contributed by atoms with Gasteiger partial charge in [-0.15, -0.1) is 0 Å². The number of carbonyl (C=O) groups excluding carboxylic acids is 3. The number of hydrogen-bond acceptors (Lipinski definition) is 10. The molecule has 12 nitrogen and oxygen atoms in total. The standard InChI is InChI=1S/C42H66FN7O5/c1-47-16-5-7-26(47)11-14-44-22-37(51)46-25-13-18-49(23-25)39-32(43)19-30-38-41(39)55-36-20-29-28-9-3-4-10-34(28)54-35(29)21-33(36)50(38)24-31(40(30)52)42(53)45-15-12-27-8-6-17-48(27)2/h24-30,32-36,38-39,41,44H,3-23H2,1-2H3,(H,45,53)(H,46,51)/t25-,26?,27?,28?,29?,30?,32?,33?,34?,35?,36?,38?,39?,41?/m1/s1. The average molecular weight is 768 g/mol. The van der Waals surface area contributed by atoms with E-state index in [-0.39, 0.29) is 66.5 Å². The van der Waals surface area contributed by atoms with Crippen LogP contribution in [-0.2, 0) is 23.9 Å². The van der Waals surface area contributed by atoms with Gasteiger partial charge in [-0.1, -0.05) is 12.8 Å². The first-order valence-electron chi connectivity index (χ1n) is 22.1. The van der Waals surface area contributed by atoms with Crippen LogP contribution in [0.5, 0.6) is 0 Å². The van der Waals surface area contributed by atoms with Crippen LogP contribution in [0.4, 0.5) is 4.39 Å². The fourth-order valence-electron chi connectivity index (χ4n) is 12.9. The van der Waals surface area contributed by atoms with Gasteiger partial charge in [-0.3, -0.25) is 19.3 Å². The Kier molecular flexibility index (Phi) is 11.3. The Balaban J connectivity index is 0.899. The van der Waals surface area contributed by atoms with Crippen molar-refractivity contribution in [2.24, 2.45) is 17.8 Å². The van der Waals surface area contributed by atoms with Crippen molar-refractivity contribution >= 4 is 17.6 Å².